The summed E-state index contributed by atoms with van der Waals surface area (Å²) in [5.74, 6) is 0.385. The molecule has 1 amide bonds. The van der Waals surface area contributed by atoms with Crippen molar-refractivity contribution in [1.82, 2.24) is 5.32 Å². The van der Waals surface area contributed by atoms with Crippen LogP contribution in [-0.2, 0) is 23.8 Å². The molecule has 1 heterocycles. The van der Waals surface area contributed by atoms with Gasteiger partial charge in [0.15, 0.2) is 0 Å². The summed E-state index contributed by atoms with van der Waals surface area (Å²) in [5, 5.41) is 26.6. The van der Waals surface area contributed by atoms with Crippen LogP contribution in [0.25, 0.3) is 0 Å². The standard InChI is InChI=1S/C31H49NO7/c1-30-11-9-22(38-19-27(34)32-13-5-3-4-6-14-37-2)16-21(30)7-8-24-25(30)17-26(33)29-23(10-12-31(24,29)36)20-15-28(35)39-18-20/h15,21-26,29,33,36H,3-14,16-19H2,1-2H3,(H,32,34). The number of methoxy groups -OCH3 is 1. The van der Waals surface area contributed by atoms with Gasteiger partial charge in [0.25, 0.3) is 0 Å². The van der Waals surface area contributed by atoms with E-state index in [1.54, 1.807) is 13.2 Å². The lowest BCUT2D eigenvalue weighted by Crippen LogP contribution is -2.62. The molecule has 4 saturated carbocycles. The number of carbonyl (C=O) groups is 2. The molecule has 0 radical (unpaired) electrons. The van der Waals surface area contributed by atoms with Crippen molar-refractivity contribution in [3.63, 3.8) is 0 Å². The molecule has 0 aromatic heterocycles. The van der Waals surface area contributed by atoms with E-state index in [1.807, 2.05) is 0 Å². The number of aliphatic hydroxyl groups excluding tert-OH is 1. The number of cyclic esters (lactones) is 1. The molecule has 5 rings (SSSR count). The molecule has 3 N–H and O–H groups in total. The number of unbranched alkanes of at least 4 members (excludes halogenated alkanes) is 3. The van der Waals surface area contributed by atoms with Gasteiger partial charge in [-0.2, -0.15) is 0 Å². The number of nitrogens with one attached hydrogen (secondary N) is 1. The Morgan fingerprint density at radius 2 is 1.92 bits per heavy atom. The average molecular weight is 548 g/mol. The molecule has 0 saturated heterocycles. The summed E-state index contributed by atoms with van der Waals surface area (Å²) in [6.45, 7) is 4.28. The molecule has 9 atom stereocenters. The minimum Gasteiger partial charge on any atom is -0.458 e. The maximum Gasteiger partial charge on any atom is 0.331 e. The highest BCUT2D eigenvalue weighted by atomic mass is 16.5. The Bertz CT molecular complexity index is 923. The molecular formula is C31H49NO7. The quantitative estimate of drug-likeness (QED) is 0.268. The van der Waals surface area contributed by atoms with Crippen molar-refractivity contribution in [2.75, 3.05) is 33.5 Å². The Morgan fingerprint density at radius 1 is 1.10 bits per heavy atom. The van der Waals surface area contributed by atoms with Gasteiger partial charge in [0, 0.05) is 32.3 Å². The Morgan fingerprint density at radius 3 is 2.69 bits per heavy atom. The Balaban J connectivity index is 1.13. The molecule has 5 aliphatic rings. The zero-order chi connectivity index (χ0) is 27.6. The van der Waals surface area contributed by atoms with Crippen molar-refractivity contribution in [3.8, 4) is 0 Å². The Hall–Kier alpha value is -1.48. The van der Waals surface area contributed by atoms with Gasteiger partial charge in [0.2, 0.25) is 5.91 Å². The Kier molecular flexibility index (Phi) is 9.06. The fraction of sp³-hybridized carbons (Fsp3) is 0.871. The monoisotopic (exact) mass is 547 g/mol. The van der Waals surface area contributed by atoms with E-state index in [0.717, 1.165) is 76.4 Å². The van der Waals surface area contributed by atoms with Crippen LogP contribution in [0.4, 0.5) is 0 Å². The molecular weight excluding hydrogens is 498 g/mol. The number of hydrogen-bond donors (Lipinski definition) is 3. The van der Waals surface area contributed by atoms with Crippen molar-refractivity contribution in [2.45, 2.75) is 102 Å². The summed E-state index contributed by atoms with van der Waals surface area (Å²) in [7, 11) is 1.72. The summed E-state index contributed by atoms with van der Waals surface area (Å²) in [4.78, 5) is 24.0. The smallest absolute Gasteiger partial charge is 0.331 e. The van der Waals surface area contributed by atoms with Crippen molar-refractivity contribution >= 4 is 11.9 Å². The van der Waals surface area contributed by atoms with Crippen LogP contribution in [0.1, 0.15) is 84.0 Å². The molecule has 0 bridgehead atoms. The summed E-state index contributed by atoms with van der Waals surface area (Å²) < 4.78 is 16.3. The van der Waals surface area contributed by atoms with Crippen molar-refractivity contribution in [2.24, 2.45) is 35.0 Å². The van der Waals surface area contributed by atoms with Gasteiger partial charge < -0.3 is 29.7 Å². The number of aliphatic hydroxyl groups is 2. The minimum absolute atomic E-state index is 0.0221. The van der Waals surface area contributed by atoms with E-state index in [4.69, 9.17) is 14.2 Å². The van der Waals surface area contributed by atoms with Gasteiger partial charge in [-0.3, -0.25) is 4.79 Å². The Labute approximate surface area is 233 Å². The normalized spacial score (nSPS) is 41.3. The maximum absolute atomic E-state index is 12.3. The molecule has 220 valence electrons. The lowest BCUT2D eigenvalue weighted by atomic mass is 9.45. The van der Waals surface area contributed by atoms with E-state index >= 15 is 0 Å². The fourth-order valence-corrected chi connectivity index (χ4v) is 9.28. The second kappa shape index (κ2) is 12.2. The molecule has 0 aromatic rings. The van der Waals surface area contributed by atoms with Gasteiger partial charge in [0.05, 0.1) is 17.8 Å². The number of carbonyl (C=O) groups excluding carboxylic acids is 2. The first-order valence-electron chi connectivity index (χ1n) is 15.4. The number of rotatable bonds is 11. The van der Waals surface area contributed by atoms with Crippen LogP contribution >= 0.6 is 0 Å². The van der Waals surface area contributed by atoms with Crippen molar-refractivity contribution in [1.29, 1.82) is 0 Å². The molecule has 39 heavy (non-hydrogen) atoms. The lowest BCUT2D eigenvalue weighted by Gasteiger charge is -2.62. The highest BCUT2D eigenvalue weighted by Gasteiger charge is 2.65. The molecule has 1 aliphatic heterocycles. The van der Waals surface area contributed by atoms with E-state index in [-0.39, 0.29) is 53.7 Å². The van der Waals surface area contributed by atoms with Gasteiger partial charge in [-0.1, -0.05) is 19.8 Å². The second-order valence-electron chi connectivity index (χ2n) is 13.2. The van der Waals surface area contributed by atoms with E-state index in [0.29, 0.717) is 31.9 Å². The zero-order valence-electron chi connectivity index (χ0n) is 23.9. The second-order valence-corrected chi connectivity index (χ2v) is 13.2. The van der Waals surface area contributed by atoms with Gasteiger partial charge in [-0.25, -0.2) is 4.79 Å². The maximum atomic E-state index is 12.3. The first kappa shape index (κ1) is 29.0. The van der Waals surface area contributed by atoms with Crippen LogP contribution in [0.15, 0.2) is 11.6 Å². The first-order valence-corrected chi connectivity index (χ1v) is 15.4. The lowest BCUT2D eigenvalue weighted by molar-refractivity contribution is -0.210. The summed E-state index contributed by atoms with van der Waals surface area (Å²) in [6, 6.07) is 0. The van der Waals surface area contributed by atoms with Crippen LogP contribution in [0.5, 0.6) is 0 Å². The highest BCUT2D eigenvalue weighted by Crippen LogP contribution is 2.65. The van der Waals surface area contributed by atoms with E-state index in [2.05, 4.69) is 12.2 Å². The third-order valence-corrected chi connectivity index (χ3v) is 11.3. The first-order chi connectivity index (χ1) is 18.8. The van der Waals surface area contributed by atoms with E-state index in [1.165, 1.54) is 0 Å². The van der Waals surface area contributed by atoms with Gasteiger partial charge in [0.1, 0.15) is 13.2 Å². The average Bonchev–Trinajstić information content (AvgIpc) is 3.51. The fourth-order valence-electron chi connectivity index (χ4n) is 9.28. The summed E-state index contributed by atoms with van der Waals surface area (Å²) in [5.41, 5.74) is 0.115. The van der Waals surface area contributed by atoms with Gasteiger partial charge >= 0.3 is 5.97 Å². The molecule has 4 fully saturated rings. The van der Waals surface area contributed by atoms with E-state index < -0.39 is 11.7 Å². The number of amides is 1. The summed E-state index contributed by atoms with van der Waals surface area (Å²) in [6.07, 6.45) is 12.4. The van der Waals surface area contributed by atoms with E-state index in [9.17, 15) is 19.8 Å². The van der Waals surface area contributed by atoms with Crippen molar-refractivity contribution in [3.05, 3.63) is 11.6 Å². The minimum atomic E-state index is -0.886. The van der Waals surface area contributed by atoms with Crippen molar-refractivity contribution < 1.29 is 34.0 Å². The number of esters is 1. The summed E-state index contributed by atoms with van der Waals surface area (Å²) >= 11 is 0. The zero-order valence-corrected chi connectivity index (χ0v) is 23.9. The number of hydrogen-bond acceptors (Lipinski definition) is 7. The molecule has 4 aliphatic carbocycles. The molecule has 0 aromatic carbocycles. The largest absolute Gasteiger partial charge is 0.458 e. The SMILES string of the molecule is COCCCCCCNC(=O)COC1CCC2(C)C(CCC3C2CC(O)C2C(C4=CC(=O)OC4)CCC32O)C1. The third kappa shape index (κ3) is 5.81. The van der Waals surface area contributed by atoms with Crippen LogP contribution in [0.2, 0.25) is 0 Å². The molecule has 0 spiro atoms. The van der Waals surface area contributed by atoms with Crippen LogP contribution < -0.4 is 5.32 Å². The predicted molar refractivity (Wildman–Crippen MR) is 146 cm³/mol. The third-order valence-electron chi connectivity index (χ3n) is 11.3. The van der Waals surface area contributed by atoms with Gasteiger partial charge in [-0.05, 0) is 98.9 Å². The van der Waals surface area contributed by atoms with Crippen LogP contribution in [-0.4, -0.2) is 73.4 Å². The number of ether oxygens (including phenoxy) is 3. The van der Waals surface area contributed by atoms with Crippen LogP contribution in [0.3, 0.4) is 0 Å². The predicted octanol–water partition coefficient (Wildman–Crippen LogP) is 3.53. The topological polar surface area (TPSA) is 114 Å². The number of fused-ring (bicyclic) bond motifs is 5. The molecule has 8 nitrogen and oxygen atoms in total. The molecule has 8 heteroatoms. The van der Waals surface area contributed by atoms with Crippen LogP contribution in [0, 0.1) is 35.0 Å². The molecule has 9 unspecified atom stereocenters. The van der Waals surface area contributed by atoms with Gasteiger partial charge in [-0.15, -0.1) is 0 Å². The highest BCUT2D eigenvalue weighted by molar-refractivity contribution is 5.85.